The van der Waals surface area contributed by atoms with Crippen molar-refractivity contribution in [1.29, 1.82) is 0 Å². The van der Waals surface area contributed by atoms with Gasteiger partial charge in [-0.05, 0) is 50.5 Å². The lowest BCUT2D eigenvalue weighted by Crippen LogP contribution is -2.37. The molecule has 0 atom stereocenters. The minimum absolute atomic E-state index is 0.101. The van der Waals surface area contributed by atoms with Crippen molar-refractivity contribution in [2.24, 2.45) is 0 Å². The standard InChI is InChI=1S/C14H22BrNO3S/c1-5-6-16(10(2)3)20(18,19)14-8-12(9-17)7-13(15)11(14)4/h7-8,10,17H,5-6,9H2,1-4H3. The van der Waals surface area contributed by atoms with Crippen molar-refractivity contribution in [3.63, 3.8) is 0 Å². The van der Waals surface area contributed by atoms with E-state index in [9.17, 15) is 13.5 Å². The SMILES string of the molecule is CCCN(C(C)C)S(=O)(=O)c1cc(CO)cc(Br)c1C. The average Bonchev–Trinajstić information content (AvgIpc) is 2.37. The van der Waals surface area contributed by atoms with Gasteiger partial charge in [0.2, 0.25) is 10.0 Å². The summed E-state index contributed by atoms with van der Waals surface area (Å²) in [6.45, 7) is 7.76. The molecule has 1 aromatic carbocycles. The van der Waals surface area contributed by atoms with Gasteiger partial charge in [-0.25, -0.2) is 8.42 Å². The molecule has 6 heteroatoms. The van der Waals surface area contributed by atoms with Crippen LogP contribution in [0.2, 0.25) is 0 Å². The van der Waals surface area contributed by atoms with E-state index < -0.39 is 10.0 Å². The number of rotatable bonds is 6. The van der Waals surface area contributed by atoms with E-state index in [4.69, 9.17) is 0 Å². The Morgan fingerprint density at radius 1 is 1.35 bits per heavy atom. The maximum Gasteiger partial charge on any atom is 0.243 e. The van der Waals surface area contributed by atoms with E-state index in [1.165, 1.54) is 4.31 Å². The fraction of sp³-hybridized carbons (Fsp3) is 0.571. The van der Waals surface area contributed by atoms with E-state index in [2.05, 4.69) is 15.9 Å². The highest BCUT2D eigenvalue weighted by atomic mass is 79.9. The van der Waals surface area contributed by atoms with Gasteiger partial charge in [-0.3, -0.25) is 0 Å². The molecular weight excluding hydrogens is 342 g/mol. The van der Waals surface area contributed by atoms with Gasteiger partial charge >= 0.3 is 0 Å². The number of halogens is 1. The van der Waals surface area contributed by atoms with E-state index in [0.717, 1.165) is 6.42 Å². The Morgan fingerprint density at radius 3 is 2.40 bits per heavy atom. The molecule has 0 unspecified atom stereocenters. The first-order chi connectivity index (χ1) is 9.25. The Bertz CT molecular complexity index is 570. The van der Waals surface area contributed by atoms with Crippen molar-refractivity contribution in [3.8, 4) is 0 Å². The van der Waals surface area contributed by atoms with E-state index in [0.29, 0.717) is 22.1 Å². The van der Waals surface area contributed by atoms with Gasteiger partial charge < -0.3 is 5.11 Å². The van der Waals surface area contributed by atoms with Crippen molar-refractivity contribution in [2.75, 3.05) is 6.54 Å². The second kappa shape index (κ2) is 7.02. The molecule has 4 nitrogen and oxygen atoms in total. The van der Waals surface area contributed by atoms with Crippen LogP contribution in [0.15, 0.2) is 21.5 Å². The van der Waals surface area contributed by atoms with Crippen molar-refractivity contribution < 1.29 is 13.5 Å². The molecule has 0 aromatic heterocycles. The zero-order valence-corrected chi connectivity index (χ0v) is 14.8. The lowest BCUT2D eigenvalue weighted by atomic mass is 10.2. The first-order valence-corrected chi connectivity index (χ1v) is 8.90. The van der Waals surface area contributed by atoms with E-state index in [-0.39, 0.29) is 17.5 Å². The minimum Gasteiger partial charge on any atom is -0.392 e. The van der Waals surface area contributed by atoms with Crippen molar-refractivity contribution in [1.82, 2.24) is 4.31 Å². The van der Waals surface area contributed by atoms with Crippen LogP contribution in [0.3, 0.4) is 0 Å². The Labute approximate surface area is 130 Å². The van der Waals surface area contributed by atoms with Crippen LogP contribution in [0.4, 0.5) is 0 Å². The summed E-state index contributed by atoms with van der Waals surface area (Å²) >= 11 is 3.36. The number of aliphatic hydroxyl groups excluding tert-OH is 1. The summed E-state index contributed by atoms with van der Waals surface area (Å²) in [5.74, 6) is 0. The molecule has 1 rings (SSSR count). The molecule has 0 saturated carbocycles. The van der Waals surface area contributed by atoms with Gasteiger partial charge in [-0.15, -0.1) is 0 Å². The normalized spacial score (nSPS) is 12.4. The summed E-state index contributed by atoms with van der Waals surface area (Å²) in [6, 6.07) is 3.20. The van der Waals surface area contributed by atoms with E-state index in [1.54, 1.807) is 19.1 Å². The van der Waals surface area contributed by atoms with Gasteiger partial charge in [-0.1, -0.05) is 22.9 Å². The van der Waals surface area contributed by atoms with Gasteiger partial charge in [0.15, 0.2) is 0 Å². The first-order valence-electron chi connectivity index (χ1n) is 6.67. The maximum absolute atomic E-state index is 12.8. The first kappa shape index (κ1) is 17.6. The largest absolute Gasteiger partial charge is 0.392 e. The van der Waals surface area contributed by atoms with Crippen molar-refractivity contribution in [2.45, 2.75) is 51.7 Å². The van der Waals surface area contributed by atoms with Crippen LogP contribution >= 0.6 is 15.9 Å². The van der Waals surface area contributed by atoms with Crippen LogP contribution in [-0.4, -0.2) is 30.4 Å². The van der Waals surface area contributed by atoms with Crippen LogP contribution in [0, 0.1) is 6.92 Å². The second-order valence-corrected chi connectivity index (χ2v) is 7.78. The van der Waals surface area contributed by atoms with Crippen LogP contribution in [0.1, 0.15) is 38.3 Å². The number of nitrogens with zero attached hydrogens (tertiary/aromatic N) is 1. The van der Waals surface area contributed by atoms with Gasteiger partial charge in [0, 0.05) is 17.1 Å². The highest BCUT2D eigenvalue weighted by Crippen LogP contribution is 2.29. The van der Waals surface area contributed by atoms with Gasteiger partial charge in [0.1, 0.15) is 0 Å². The molecule has 1 aromatic rings. The molecule has 0 bridgehead atoms. The van der Waals surface area contributed by atoms with Gasteiger partial charge in [0.25, 0.3) is 0 Å². The molecule has 0 aliphatic heterocycles. The predicted octanol–water partition coefficient (Wildman–Crippen LogP) is 3.06. The molecule has 0 amide bonds. The Hall–Kier alpha value is -0.430. The summed E-state index contributed by atoms with van der Waals surface area (Å²) in [6.07, 6.45) is 0.761. The lowest BCUT2D eigenvalue weighted by Gasteiger charge is -2.26. The molecule has 0 fully saturated rings. The third-order valence-corrected chi connectivity index (χ3v) is 6.17. The number of hydrogen-bond donors (Lipinski definition) is 1. The summed E-state index contributed by atoms with van der Waals surface area (Å²) in [7, 11) is -3.56. The van der Waals surface area contributed by atoms with Gasteiger partial charge in [0.05, 0.1) is 11.5 Å². The molecule has 1 N–H and O–H groups in total. The zero-order chi connectivity index (χ0) is 15.5. The Balaban J connectivity index is 3.44. The molecule has 0 saturated heterocycles. The lowest BCUT2D eigenvalue weighted by molar-refractivity contribution is 0.281. The van der Waals surface area contributed by atoms with Crippen molar-refractivity contribution in [3.05, 3.63) is 27.7 Å². The predicted molar refractivity (Wildman–Crippen MR) is 84.1 cm³/mol. The Kier molecular flexibility index (Phi) is 6.19. The summed E-state index contributed by atoms with van der Waals surface area (Å²) < 4.78 is 27.9. The van der Waals surface area contributed by atoms with Crippen LogP contribution in [0.5, 0.6) is 0 Å². The maximum atomic E-state index is 12.8. The number of aliphatic hydroxyl groups is 1. The molecule has 20 heavy (non-hydrogen) atoms. The number of hydrogen-bond acceptors (Lipinski definition) is 3. The van der Waals surface area contributed by atoms with Crippen molar-refractivity contribution >= 4 is 26.0 Å². The molecule has 0 spiro atoms. The average molecular weight is 364 g/mol. The Morgan fingerprint density at radius 2 is 1.95 bits per heavy atom. The van der Waals surface area contributed by atoms with E-state index in [1.807, 2.05) is 20.8 Å². The molecule has 0 heterocycles. The number of benzene rings is 1. The van der Waals surface area contributed by atoms with E-state index >= 15 is 0 Å². The van der Waals surface area contributed by atoms with Crippen LogP contribution in [-0.2, 0) is 16.6 Å². The minimum atomic E-state index is -3.56. The van der Waals surface area contributed by atoms with Gasteiger partial charge in [-0.2, -0.15) is 4.31 Å². The number of sulfonamides is 1. The molecule has 0 aliphatic carbocycles. The monoisotopic (exact) mass is 363 g/mol. The molecule has 0 radical (unpaired) electrons. The third-order valence-electron chi connectivity index (χ3n) is 3.15. The second-order valence-electron chi connectivity index (χ2n) is 5.07. The highest BCUT2D eigenvalue weighted by molar-refractivity contribution is 9.10. The smallest absolute Gasteiger partial charge is 0.243 e. The summed E-state index contributed by atoms with van der Waals surface area (Å²) in [4.78, 5) is 0.262. The zero-order valence-electron chi connectivity index (χ0n) is 12.4. The topological polar surface area (TPSA) is 57.6 Å². The fourth-order valence-corrected chi connectivity index (χ4v) is 4.74. The van der Waals surface area contributed by atoms with Crippen LogP contribution in [0.25, 0.3) is 0 Å². The summed E-state index contributed by atoms with van der Waals surface area (Å²) in [5, 5.41) is 9.26. The summed E-state index contributed by atoms with van der Waals surface area (Å²) in [5.41, 5.74) is 1.25. The fourth-order valence-electron chi connectivity index (χ4n) is 2.07. The molecule has 114 valence electrons. The van der Waals surface area contributed by atoms with Crippen LogP contribution < -0.4 is 0 Å². The third kappa shape index (κ3) is 3.61. The molecule has 0 aliphatic rings. The quantitative estimate of drug-likeness (QED) is 0.844. The highest BCUT2D eigenvalue weighted by Gasteiger charge is 2.28. The molecular formula is C14H22BrNO3S.